The Labute approximate surface area is 97.0 Å². The van der Waals surface area contributed by atoms with Gasteiger partial charge in [-0.3, -0.25) is 9.78 Å². The van der Waals surface area contributed by atoms with E-state index in [1.807, 2.05) is 0 Å². The van der Waals surface area contributed by atoms with E-state index in [0.29, 0.717) is 6.20 Å². The molecule has 9 heteroatoms. The summed E-state index contributed by atoms with van der Waals surface area (Å²) in [6.45, 7) is -1.58. The number of aliphatic carboxylic acids is 1. The minimum absolute atomic E-state index is 0.441. The van der Waals surface area contributed by atoms with E-state index in [-0.39, 0.29) is 0 Å². The minimum atomic E-state index is -5.20. The highest BCUT2D eigenvalue weighted by Crippen LogP contribution is 2.31. The predicted molar refractivity (Wildman–Crippen MR) is 47.0 cm³/mol. The van der Waals surface area contributed by atoms with Crippen LogP contribution in [0.2, 0.25) is 0 Å². The lowest BCUT2D eigenvalue weighted by atomic mass is 10.1. The molecule has 0 aromatic carbocycles. The smallest absolute Gasteiger partial charge is 0.481 e. The van der Waals surface area contributed by atoms with Crippen molar-refractivity contribution in [1.82, 2.24) is 4.98 Å². The first kappa shape index (κ1) is 14.1. The van der Waals surface area contributed by atoms with Gasteiger partial charge in [-0.05, 0) is 0 Å². The second-order valence-electron chi connectivity index (χ2n) is 3.11. The van der Waals surface area contributed by atoms with E-state index in [4.69, 9.17) is 5.11 Å². The molecule has 0 spiro atoms. The Bertz CT molecular complexity index is 460. The van der Waals surface area contributed by atoms with Gasteiger partial charge in [0, 0.05) is 0 Å². The Balaban J connectivity index is 3.29. The Kier molecular flexibility index (Phi) is 4.04. The van der Waals surface area contributed by atoms with Gasteiger partial charge in [0.05, 0.1) is 23.9 Å². The van der Waals surface area contributed by atoms with Gasteiger partial charge in [-0.25, -0.2) is 8.78 Å². The lowest BCUT2D eigenvalue weighted by Gasteiger charge is -2.14. The van der Waals surface area contributed by atoms with Crippen molar-refractivity contribution < 1.29 is 36.6 Å². The molecule has 0 bridgehead atoms. The van der Waals surface area contributed by atoms with Crippen LogP contribution < -0.4 is 4.74 Å². The number of rotatable bonds is 4. The molecule has 0 fully saturated rings. The van der Waals surface area contributed by atoms with Gasteiger partial charge in [0.15, 0.2) is 11.6 Å². The van der Waals surface area contributed by atoms with E-state index < -0.39 is 48.3 Å². The molecule has 0 amide bonds. The SMILES string of the molecule is O=C(O)Cc1ncc(F)c(CF)c1OC(F)(F)F. The lowest BCUT2D eigenvalue weighted by molar-refractivity contribution is -0.275. The first-order valence-electron chi connectivity index (χ1n) is 4.44. The van der Waals surface area contributed by atoms with Gasteiger partial charge in [-0.2, -0.15) is 0 Å². The maximum atomic E-state index is 13.0. The summed E-state index contributed by atoms with van der Waals surface area (Å²) in [5.41, 5.74) is -1.72. The van der Waals surface area contributed by atoms with E-state index in [9.17, 15) is 26.7 Å². The number of nitrogens with zero attached hydrogens (tertiary/aromatic N) is 1. The Morgan fingerprint density at radius 3 is 2.50 bits per heavy atom. The van der Waals surface area contributed by atoms with Gasteiger partial charge in [-0.15, -0.1) is 13.2 Å². The monoisotopic (exact) mass is 271 g/mol. The fraction of sp³-hybridized carbons (Fsp3) is 0.333. The summed E-state index contributed by atoms with van der Waals surface area (Å²) in [6.07, 6.45) is -5.71. The van der Waals surface area contributed by atoms with Crippen molar-refractivity contribution in [2.75, 3.05) is 0 Å². The van der Waals surface area contributed by atoms with Crippen LogP contribution in [0.5, 0.6) is 5.75 Å². The van der Waals surface area contributed by atoms with Crippen molar-refractivity contribution in [1.29, 1.82) is 0 Å². The van der Waals surface area contributed by atoms with Crippen LogP contribution in [0, 0.1) is 5.82 Å². The molecule has 4 nitrogen and oxygen atoms in total. The molecule has 0 saturated heterocycles. The first-order valence-corrected chi connectivity index (χ1v) is 4.44. The van der Waals surface area contributed by atoms with Gasteiger partial charge in [-0.1, -0.05) is 0 Å². The van der Waals surface area contributed by atoms with Crippen molar-refractivity contribution in [3.63, 3.8) is 0 Å². The third-order valence-electron chi connectivity index (χ3n) is 1.83. The second-order valence-corrected chi connectivity index (χ2v) is 3.11. The number of aromatic nitrogens is 1. The third kappa shape index (κ3) is 3.54. The van der Waals surface area contributed by atoms with Crippen LogP contribution in [-0.2, 0) is 17.9 Å². The van der Waals surface area contributed by atoms with E-state index >= 15 is 0 Å². The molecule has 0 aliphatic carbocycles. The van der Waals surface area contributed by atoms with Crippen LogP contribution in [0.15, 0.2) is 6.20 Å². The van der Waals surface area contributed by atoms with Gasteiger partial charge >= 0.3 is 12.3 Å². The van der Waals surface area contributed by atoms with Crippen LogP contribution in [0.25, 0.3) is 0 Å². The number of hydrogen-bond donors (Lipinski definition) is 1. The molecule has 0 atom stereocenters. The van der Waals surface area contributed by atoms with Gasteiger partial charge in [0.2, 0.25) is 0 Å². The quantitative estimate of drug-likeness (QED) is 0.853. The van der Waals surface area contributed by atoms with Gasteiger partial charge in [0.1, 0.15) is 6.67 Å². The average Bonchev–Trinajstić information content (AvgIpc) is 2.20. The summed E-state index contributed by atoms with van der Waals surface area (Å²) in [7, 11) is 0. The zero-order valence-electron chi connectivity index (χ0n) is 8.59. The summed E-state index contributed by atoms with van der Waals surface area (Å²) in [5, 5.41) is 8.46. The molecule has 100 valence electrons. The molecule has 1 N–H and O–H groups in total. The van der Waals surface area contributed by atoms with Crippen LogP contribution in [-0.4, -0.2) is 22.4 Å². The number of pyridine rings is 1. The standard InChI is InChI=1S/C9H6F5NO3/c10-2-4-5(11)3-15-6(1-7(16)17)8(4)18-9(12,13)14/h3H,1-2H2,(H,16,17). The number of carboxylic acids is 1. The molecular weight excluding hydrogens is 265 g/mol. The summed E-state index contributed by atoms with van der Waals surface area (Å²) in [4.78, 5) is 13.6. The zero-order chi connectivity index (χ0) is 13.9. The molecule has 0 unspecified atom stereocenters. The highest BCUT2D eigenvalue weighted by molar-refractivity contribution is 5.70. The molecule has 0 aliphatic heterocycles. The number of hydrogen-bond acceptors (Lipinski definition) is 3. The van der Waals surface area contributed by atoms with E-state index in [0.717, 1.165) is 0 Å². The van der Waals surface area contributed by atoms with Crippen molar-refractivity contribution in [2.24, 2.45) is 0 Å². The van der Waals surface area contributed by atoms with Gasteiger partial charge in [0.25, 0.3) is 0 Å². The number of ether oxygens (including phenoxy) is 1. The molecule has 0 aliphatic rings. The molecule has 1 rings (SSSR count). The third-order valence-corrected chi connectivity index (χ3v) is 1.83. The first-order chi connectivity index (χ1) is 8.24. The van der Waals surface area contributed by atoms with E-state index in [1.165, 1.54) is 0 Å². The fourth-order valence-electron chi connectivity index (χ4n) is 1.18. The maximum absolute atomic E-state index is 13.0. The van der Waals surface area contributed by atoms with Crippen LogP contribution >= 0.6 is 0 Å². The molecule has 18 heavy (non-hydrogen) atoms. The molecule has 0 saturated carbocycles. The van der Waals surface area contributed by atoms with Crippen molar-refractivity contribution >= 4 is 5.97 Å². The molecular formula is C9H6F5NO3. The number of carboxylic acid groups (broad SMARTS) is 1. The van der Waals surface area contributed by atoms with Crippen molar-refractivity contribution in [2.45, 2.75) is 19.5 Å². The summed E-state index contributed by atoms with van der Waals surface area (Å²) < 4.78 is 65.1. The minimum Gasteiger partial charge on any atom is -0.481 e. The topological polar surface area (TPSA) is 59.4 Å². The second kappa shape index (κ2) is 5.15. The van der Waals surface area contributed by atoms with Crippen molar-refractivity contribution in [3.8, 4) is 5.75 Å². The largest absolute Gasteiger partial charge is 0.573 e. The van der Waals surface area contributed by atoms with Crippen LogP contribution in [0.4, 0.5) is 22.0 Å². The van der Waals surface area contributed by atoms with Gasteiger partial charge < -0.3 is 9.84 Å². The fourth-order valence-corrected chi connectivity index (χ4v) is 1.18. The van der Waals surface area contributed by atoms with Crippen molar-refractivity contribution in [3.05, 3.63) is 23.3 Å². The number of alkyl halides is 4. The van der Waals surface area contributed by atoms with E-state index in [1.54, 1.807) is 0 Å². The lowest BCUT2D eigenvalue weighted by Crippen LogP contribution is -2.21. The summed E-state index contributed by atoms with van der Waals surface area (Å²) >= 11 is 0. The highest BCUT2D eigenvalue weighted by atomic mass is 19.4. The normalized spacial score (nSPS) is 11.4. The Hall–Kier alpha value is -1.93. The zero-order valence-corrected chi connectivity index (χ0v) is 8.59. The highest BCUT2D eigenvalue weighted by Gasteiger charge is 2.34. The predicted octanol–water partition coefficient (Wildman–Crippen LogP) is 2.22. The van der Waals surface area contributed by atoms with Crippen LogP contribution in [0.3, 0.4) is 0 Å². The van der Waals surface area contributed by atoms with E-state index in [2.05, 4.69) is 9.72 Å². The maximum Gasteiger partial charge on any atom is 0.573 e. The number of carbonyl (C=O) groups is 1. The summed E-state index contributed by atoms with van der Waals surface area (Å²) in [6, 6.07) is 0. The van der Waals surface area contributed by atoms with Crippen LogP contribution in [0.1, 0.15) is 11.3 Å². The molecule has 1 heterocycles. The molecule has 0 radical (unpaired) electrons. The summed E-state index contributed by atoms with van der Waals surface area (Å²) in [5.74, 6) is -4.09. The Morgan fingerprint density at radius 2 is 2.06 bits per heavy atom. The average molecular weight is 271 g/mol. The molecule has 1 aromatic rings. The Morgan fingerprint density at radius 1 is 1.44 bits per heavy atom. The molecule has 1 aromatic heterocycles. The number of halogens is 5.